The number of benzene rings is 2. The second kappa shape index (κ2) is 8.31. The van der Waals surface area contributed by atoms with E-state index in [1.165, 1.54) is 11.1 Å². The number of anilines is 1. The Hall–Kier alpha value is -2.06. The van der Waals surface area contributed by atoms with Crippen LogP contribution in [-0.2, 0) is 11.8 Å². The summed E-state index contributed by atoms with van der Waals surface area (Å²) >= 11 is 0. The number of alkyl halides is 1. The van der Waals surface area contributed by atoms with Gasteiger partial charge in [0.2, 0.25) is 0 Å². The molecule has 3 atom stereocenters. The van der Waals surface area contributed by atoms with Crippen molar-refractivity contribution in [3.63, 3.8) is 0 Å². The van der Waals surface area contributed by atoms with Gasteiger partial charge in [-0.1, -0.05) is 59.0 Å². The zero-order valence-electron chi connectivity index (χ0n) is 16.2. The van der Waals surface area contributed by atoms with Crippen LogP contribution in [0.1, 0.15) is 48.9 Å². The third-order valence-corrected chi connectivity index (χ3v) is 5.90. The maximum atomic E-state index is 15.0. The van der Waals surface area contributed by atoms with Crippen LogP contribution in [0.4, 0.5) is 10.1 Å². The average Bonchev–Trinajstić information content (AvgIpc) is 2.65. The Balaban J connectivity index is 1.85. The molecule has 2 aromatic rings. The van der Waals surface area contributed by atoms with Crippen molar-refractivity contribution in [2.24, 2.45) is 9.98 Å². The van der Waals surface area contributed by atoms with Crippen LogP contribution in [0.2, 0.25) is 0 Å². The summed E-state index contributed by atoms with van der Waals surface area (Å²) in [5.74, 6) is 0.559. The highest BCUT2D eigenvalue weighted by molar-refractivity contribution is 7.18. The molecule has 0 spiro atoms. The van der Waals surface area contributed by atoms with E-state index in [9.17, 15) is 0 Å². The normalized spacial score (nSPS) is 21.8. The third-order valence-electron chi connectivity index (χ3n) is 5.10. The number of unbranched alkanes of at least 4 members (excludes halogenated alkanes) is 1. The third kappa shape index (κ3) is 4.11. The summed E-state index contributed by atoms with van der Waals surface area (Å²) in [6.45, 7) is 6.11. The van der Waals surface area contributed by atoms with Gasteiger partial charge in [-0.3, -0.25) is 4.99 Å². The van der Waals surface area contributed by atoms with Crippen LogP contribution < -0.4 is 5.32 Å². The van der Waals surface area contributed by atoms with Crippen LogP contribution in [-0.4, -0.2) is 18.2 Å². The number of hydrogen-bond acceptors (Lipinski definition) is 2. The highest BCUT2D eigenvalue weighted by Gasteiger charge is 2.39. The maximum Gasteiger partial charge on any atom is 0.171 e. The first-order valence-electron chi connectivity index (χ1n) is 9.48. The van der Waals surface area contributed by atoms with Crippen molar-refractivity contribution in [2.45, 2.75) is 51.5 Å². The zero-order chi connectivity index (χ0) is 19.4. The first-order valence-corrected chi connectivity index (χ1v) is 10.1. The Morgan fingerprint density at radius 3 is 2.81 bits per heavy atom. The summed E-state index contributed by atoms with van der Waals surface area (Å²) in [6.07, 6.45) is 5.02. The van der Waals surface area contributed by atoms with Gasteiger partial charge in [0.1, 0.15) is 0 Å². The summed E-state index contributed by atoms with van der Waals surface area (Å²) < 4.78 is 15.0. The molecule has 0 aromatic heterocycles. The molecule has 1 aliphatic heterocycles. The van der Waals surface area contributed by atoms with Gasteiger partial charge >= 0.3 is 0 Å². The fourth-order valence-electron chi connectivity index (χ4n) is 3.37. The van der Waals surface area contributed by atoms with Gasteiger partial charge < -0.3 is 5.32 Å². The minimum Gasteiger partial charge on any atom is -0.346 e. The molecule has 0 fully saturated rings. The van der Waals surface area contributed by atoms with E-state index in [1.54, 1.807) is 19.3 Å². The van der Waals surface area contributed by atoms with Crippen molar-refractivity contribution >= 4 is 27.1 Å². The zero-order valence-corrected chi connectivity index (χ0v) is 17.3. The van der Waals surface area contributed by atoms with Gasteiger partial charge in [-0.05, 0) is 43.9 Å². The van der Waals surface area contributed by atoms with Gasteiger partial charge in [-0.25, -0.2) is 9.38 Å². The van der Waals surface area contributed by atoms with Gasteiger partial charge in [0.15, 0.2) is 11.2 Å². The highest BCUT2D eigenvalue weighted by Crippen LogP contribution is 2.43. The molecule has 3 rings (SSSR count). The van der Waals surface area contributed by atoms with Gasteiger partial charge in [-0.2, -0.15) is 0 Å². The lowest BCUT2D eigenvalue weighted by Crippen LogP contribution is -2.32. The number of amidine groups is 1. The lowest BCUT2D eigenvalue weighted by Gasteiger charge is -2.31. The van der Waals surface area contributed by atoms with Crippen LogP contribution in [0.5, 0.6) is 0 Å². The first kappa shape index (κ1) is 19.7. The molecule has 0 radical (unpaired) electrons. The molecular formula is C22H27FN3P. The van der Waals surface area contributed by atoms with E-state index in [0.29, 0.717) is 11.4 Å². The van der Waals surface area contributed by atoms with Crippen molar-refractivity contribution in [2.75, 3.05) is 5.32 Å². The molecule has 142 valence electrons. The highest BCUT2D eigenvalue weighted by atomic mass is 31.0. The van der Waals surface area contributed by atoms with Gasteiger partial charge in [0.25, 0.3) is 0 Å². The second-order valence-electron chi connectivity index (χ2n) is 7.05. The number of aliphatic imine (C=N–C) groups is 2. The molecular weight excluding hydrogens is 356 g/mol. The molecule has 1 heterocycles. The van der Waals surface area contributed by atoms with Crippen LogP contribution >= 0.6 is 9.24 Å². The molecule has 1 aliphatic rings. The molecule has 2 unspecified atom stereocenters. The van der Waals surface area contributed by atoms with E-state index in [2.05, 4.69) is 50.5 Å². The Kier molecular flexibility index (Phi) is 6.06. The summed E-state index contributed by atoms with van der Waals surface area (Å²) in [6, 6.07) is 13.1. The van der Waals surface area contributed by atoms with Gasteiger partial charge in [0, 0.05) is 16.8 Å². The Bertz CT molecular complexity index is 874. The van der Waals surface area contributed by atoms with Crippen LogP contribution in [0.15, 0.2) is 52.4 Å². The predicted octanol–water partition coefficient (Wildman–Crippen LogP) is 5.62. The number of nitrogens with one attached hydrogen (secondary N) is 1. The topological polar surface area (TPSA) is 36.8 Å². The molecule has 0 bridgehead atoms. The Labute approximate surface area is 163 Å². The summed E-state index contributed by atoms with van der Waals surface area (Å²) in [5, 5.41) is 1.74. The average molecular weight is 383 g/mol. The number of nitrogens with zero attached hydrogens (tertiary/aromatic N) is 2. The van der Waals surface area contributed by atoms with E-state index in [-0.39, 0.29) is 0 Å². The standard InChI is InChI=1S/C22H27FN3P/c1-4-5-10-17-15(2)9-8-13-20(17)24-14-25-21-18-11-6-7-12-19(18)22(23,27)16(3)26-21/h6-9,11-14,16H,4-5,10,27H2,1-3H3,(H,24,25,26)/t16-,22?/m1/s1. The fourth-order valence-corrected chi connectivity index (χ4v) is 3.70. The quantitative estimate of drug-likeness (QED) is 0.406. The van der Waals surface area contributed by atoms with E-state index in [4.69, 9.17) is 0 Å². The minimum absolute atomic E-state index is 0.511. The summed E-state index contributed by atoms with van der Waals surface area (Å²) in [4.78, 5) is 9.00. The number of fused-ring (bicyclic) bond motifs is 1. The van der Waals surface area contributed by atoms with E-state index < -0.39 is 11.5 Å². The van der Waals surface area contributed by atoms with Crippen molar-refractivity contribution in [3.05, 3.63) is 64.7 Å². The molecule has 0 aliphatic carbocycles. The molecule has 0 saturated carbocycles. The van der Waals surface area contributed by atoms with Crippen molar-refractivity contribution in [3.8, 4) is 0 Å². The largest absolute Gasteiger partial charge is 0.346 e. The van der Waals surface area contributed by atoms with Gasteiger partial charge in [0.05, 0.1) is 12.4 Å². The molecule has 0 amide bonds. The molecule has 27 heavy (non-hydrogen) atoms. The predicted molar refractivity (Wildman–Crippen MR) is 117 cm³/mol. The Morgan fingerprint density at radius 1 is 1.26 bits per heavy atom. The van der Waals surface area contributed by atoms with E-state index in [1.807, 2.05) is 24.3 Å². The molecule has 2 aromatic carbocycles. The van der Waals surface area contributed by atoms with Crippen molar-refractivity contribution < 1.29 is 4.39 Å². The fraction of sp³-hybridized carbons (Fsp3) is 0.364. The summed E-state index contributed by atoms with van der Waals surface area (Å²) in [5.41, 5.74) is 5.01. The number of hydrogen-bond donors (Lipinski definition) is 1. The number of rotatable bonds is 5. The first-order chi connectivity index (χ1) is 12.9. The Morgan fingerprint density at radius 2 is 2.04 bits per heavy atom. The number of aryl methyl sites for hydroxylation is 1. The summed E-state index contributed by atoms with van der Waals surface area (Å²) in [7, 11) is 2.30. The minimum atomic E-state index is -1.56. The van der Waals surface area contributed by atoms with E-state index >= 15 is 4.39 Å². The van der Waals surface area contributed by atoms with Crippen molar-refractivity contribution in [1.29, 1.82) is 0 Å². The lowest BCUT2D eigenvalue weighted by molar-refractivity contribution is 0.249. The van der Waals surface area contributed by atoms with Crippen LogP contribution in [0, 0.1) is 6.92 Å². The smallest absolute Gasteiger partial charge is 0.171 e. The van der Waals surface area contributed by atoms with Crippen LogP contribution in [0.25, 0.3) is 0 Å². The molecule has 5 heteroatoms. The molecule has 3 nitrogen and oxygen atoms in total. The molecule has 1 N–H and O–H groups in total. The van der Waals surface area contributed by atoms with Crippen molar-refractivity contribution in [1.82, 2.24) is 0 Å². The van der Waals surface area contributed by atoms with Crippen LogP contribution in [0.3, 0.4) is 0 Å². The van der Waals surface area contributed by atoms with E-state index in [0.717, 1.165) is 30.5 Å². The van der Waals surface area contributed by atoms with Gasteiger partial charge in [-0.15, -0.1) is 0 Å². The SMILES string of the molecule is CCCCc1c(C)cccc1NC=NC1=N[C@H](C)C(F)(P)c2ccccc21. The lowest BCUT2D eigenvalue weighted by atomic mass is 9.95. The monoisotopic (exact) mass is 383 g/mol. The second-order valence-corrected chi connectivity index (χ2v) is 7.89. The number of halogens is 1. The maximum absolute atomic E-state index is 15.0. The molecule has 0 saturated heterocycles.